The predicted octanol–water partition coefficient (Wildman–Crippen LogP) is 3.93. The van der Waals surface area contributed by atoms with Gasteiger partial charge in [-0.1, -0.05) is 29.8 Å². The van der Waals surface area contributed by atoms with Crippen LogP contribution in [0.15, 0.2) is 42.5 Å². The Bertz CT molecular complexity index is 910. The second kappa shape index (κ2) is 10.5. The molecule has 0 aromatic heterocycles. The van der Waals surface area contributed by atoms with Crippen LogP contribution >= 0.6 is 11.6 Å². The molecule has 0 spiro atoms. The van der Waals surface area contributed by atoms with E-state index in [0.29, 0.717) is 16.5 Å². The molecule has 0 heterocycles. The van der Waals surface area contributed by atoms with E-state index in [1.54, 1.807) is 38.5 Å². The molecule has 2 aromatic rings. The molecule has 6 nitrogen and oxygen atoms in total. The zero-order chi connectivity index (χ0) is 21.4. The topological polar surface area (TPSA) is 73.9 Å². The van der Waals surface area contributed by atoms with E-state index in [0.717, 1.165) is 16.7 Å². The van der Waals surface area contributed by atoms with E-state index in [1.165, 1.54) is 13.0 Å². The molecule has 2 rings (SSSR count). The predicted molar refractivity (Wildman–Crippen MR) is 112 cm³/mol. The number of nitrogens with one attached hydrogen (secondary N) is 1. The minimum atomic E-state index is -0.936. The lowest BCUT2D eigenvalue weighted by molar-refractivity contribution is -0.150. The number of benzene rings is 2. The number of esters is 1. The van der Waals surface area contributed by atoms with Crippen molar-refractivity contribution in [2.75, 3.05) is 14.2 Å². The molecule has 0 radical (unpaired) electrons. The molecule has 154 valence electrons. The smallest absolute Gasteiger partial charge is 0.331 e. The van der Waals surface area contributed by atoms with Crippen molar-refractivity contribution < 1.29 is 23.8 Å². The number of amides is 1. The molecule has 2 aromatic carbocycles. The van der Waals surface area contributed by atoms with E-state index >= 15 is 0 Å². The molecule has 0 aliphatic rings. The van der Waals surface area contributed by atoms with Crippen LogP contribution in [0.1, 0.15) is 23.6 Å². The monoisotopic (exact) mass is 417 g/mol. The highest BCUT2D eigenvalue weighted by Gasteiger charge is 2.16. The lowest BCUT2D eigenvalue weighted by Crippen LogP contribution is -2.35. The van der Waals surface area contributed by atoms with Crippen LogP contribution in [0.2, 0.25) is 5.02 Å². The Hall–Kier alpha value is -2.99. The molecular formula is C22H24ClNO5. The fourth-order valence-corrected chi connectivity index (χ4v) is 2.66. The van der Waals surface area contributed by atoms with E-state index in [2.05, 4.69) is 5.32 Å². The molecule has 0 unspecified atom stereocenters. The maximum Gasteiger partial charge on any atom is 0.331 e. The van der Waals surface area contributed by atoms with Crippen molar-refractivity contribution in [2.24, 2.45) is 0 Å². The maximum atomic E-state index is 12.2. The fourth-order valence-electron chi connectivity index (χ4n) is 2.47. The van der Waals surface area contributed by atoms with Gasteiger partial charge in [-0.05, 0) is 54.8 Å². The Balaban J connectivity index is 1.87. The number of hydrogen-bond acceptors (Lipinski definition) is 5. The number of carbonyl (C=O) groups excluding carboxylic acids is 2. The largest absolute Gasteiger partial charge is 0.493 e. The molecule has 0 fully saturated rings. The first kappa shape index (κ1) is 22.3. The van der Waals surface area contributed by atoms with Crippen molar-refractivity contribution in [3.05, 3.63) is 64.2 Å². The number of hydrogen-bond donors (Lipinski definition) is 1. The van der Waals surface area contributed by atoms with E-state index in [-0.39, 0.29) is 6.54 Å². The van der Waals surface area contributed by atoms with Gasteiger partial charge in [0.25, 0.3) is 5.91 Å². The van der Waals surface area contributed by atoms with Gasteiger partial charge in [-0.25, -0.2) is 4.79 Å². The minimum Gasteiger partial charge on any atom is -0.493 e. The molecule has 0 bridgehead atoms. The molecule has 29 heavy (non-hydrogen) atoms. The van der Waals surface area contributed by atoms with Crippen LogP contribution in [0.4, 0.5) is 0 Å². The van der Waals surface area contributed by atoms with Gasteiger partial charge in [0.15, 0.2) is 17.6 Å². The minimum absolute atomic E-state index is 0.263. The second-order valence-electron chi connectivity index (χ2n) is 6.33. The van der Waals surface area contributed by atoms with Gasteiger partial charge in [0.05, 0.1) is 14.2 Å². The Kier molecular flexibility index (Phi) is 8.09. The lowest BCUT2D eigenvalue weighted by atomic mass is 10.1. The summed E-state index contributed by atoms with van der Waals surface area (Å²) in [6.45, 7) is 3.67. The number of carbonyl (C=O) groups is 2. The first-order valence-corrected chi connectivity index (χ1v) is 9.35. The summed E-state index contributed by atoms with van der Waals surface area (Å²) >= 11 is 6.06. The third-order valence-corrected chi connectivity index (χ3v) is 4.59. The van der Waals surface area contributed by atoms with E-state index in [9.17, 15) is 9.59 Å². The first-order valence-electron chi connectivity index (χ1n) is 8.97. The fraction of sp³-hybridized carbons (Fsp3) is 0.273. The van der Waals surface area contributed by atoms with E-state index < -0.39 is 18.0 Å². The van der Waals surface area contributed by atoms with Gasteiger partial charge in [0.2, 0.25) is 0 Å². The summed E-state index contributed by atoms with van der Waals surface area (Å²) in [6, 6.07) is 10.8. The molecule has 0 aliphatic heterocycles. The highest BCUT2D eigenvalue weighted by Crippen LogP contribution is 2.27. The first-order chi connectivity index (χ1) is 13.8. The van der Waals surface area contributed by atoms with Gasteiger partial charge in [-0.3, -0.25) is 4.79 Å². The van der Waals surface area contributed by atoms with Gasteiger partial charge in [-0.2, -0.15) is 0 Å². The zero-order valence-electron chi connectivity index (χ0n) is 16.8. The summed E-state index contributed by atoms with van der Waals surface area (Å²) in [5, 5.41) is 3.34. The van der Waals surface area contributed by atoms with Crippen LogP contribution in [0.25, 0.3) is 6.08 Å². The number of aryl methyl sites for hydroxylation is 1. The molecule has 1 atom stereocenters. The molecular weight excluding hydrogens is 394 g/mol. The molecule has 0 saturated carbocycles. The van der Waals surface area contributed by atoms with E-state index in [4.69, 9.17) is 25.8 Å². The summed E-state index contributed by atoms with van der Waals surface area (Å²) in [5.74, 6) is 0.155. The van der Waals surface area contributed by atoms with Crippen molar-refractivity contribution >= 4 is 29.6 Å². The standard InChI is InChI=1S/C22H24ClNO5/c1-14-5-6-16(11-18(14)23)8-10-21(25)29-15(2)22(26)24-13-17-7-9-19(27-3)20(12-17)28-4/h5-12,15H,13H2,1-4H3,(H,24,26)/b10-8+/t15-/m1/s1. The van der Waals surface area contributed by atoms with Crippen LogP contribution in [-0.4, -0.2) is 32.2 Å². The van der Waals surface area contributed by atoms with Crippen molar-refractivity contribution in [2.45, 2.75) is 26.5 Å². The second-order valence-corrected chi connectivity index (χ2v) is 6.74. The Morgan fingerprint density at radius 3 is 2.48 bits per heavy atom. The van der Waals surface area contributed by atoms with Crippen molar-refractivity contribution in [1.29, 1.82) is 0 Å². The third kappa shape index (κ3) is 6.54. The average molecular weight is 418 g/mol. The summed E-state index contributed by atoms with van der Waals surface area (Å²) in [5.41, 5.74) is 2.54. The normalized spacial score (nSPS) is 11.8. The Morgan fingerprint density at radius 1 is 1.10 bits per heavy atom. The summed E-state index contributed by atoms with van der Waals surface area (Å²) in [6.07, 6.45) is 1.91. The average Bonchev–Trinajstić information content (AvgIpc) is 2.72. The zero-order valence-corrected chi connectivity index (χ0v) is 17.6. The lowest BCUT2D eigenvalue weighted by Gasteiger charge is -2.13. The van der Waals surface area contributed by atoms with Gasteiger partial charge in [-0.15, -0.1) is 0 Å². The number of halogens is 1. The van der Waals surface area contributed by atoms with Crippen LogP contribution < -0.4 is 14.8 Å². The quantitative estimate of drug-likeness (QED) is 0.520. The van der Waals surface area contributed by atoms with Gasteiger partial charge >= 0.3 is 5.97 Å². The van der Waals surface area contributed by atoms with Gasteiger partial charge in [0, 0.05) is 17.6 Å². The third-order valence-electron chi connectivity index (χ3n) is 4.18. The molecule has 1 N–H and O–H groups in total. The molecule has 7 heteroatoms. The summed E-state index contributed by atoms with van der Waals surface area (Å²) in [4.78, 5) is 24.2. The van der Waals surface area contributed by atoms with Crippen molar-refractivity contribution in [3.8, 4) is 11.5 Å². The summed E-state index contributed by atoms with van der Waals surface area (Å²) < 4.78 is 15.6. The highest BCUT2D eigenvalue weighted by molar-refractivity contribution is 6.31. The molecule has 1 amide bonds. The van der Waals surface area contributed by atoms with Crippen molar-refractivity contribution in [1.82, 2.24) is 5.32 Å². The number of ether oxygens (including phenoxy) is 3. The van der Waals surface area contributed by atoms with Crippen LogP contribution in [-0.2, 0) is 20.9 Å². The van der Waals surface area contributed by atoms with E-state index in [1.807, 2.05) is 25.1 Å². The molecule has 0 aliphatic carbocycles. The Labute approximate surface area is 175 Å². The maximum absolute atomic E-state index is 12.2. The van der Waals surface area contributed by atoms with Crippen LogP contribution in [0, 0.1) is 6.92 Å². The van der Waals surface area contributed by atoms with Gasteiger partial charge in [0.1, 0.15) is 0 Å². The van der Waals surface area contributed by atoms with Crippen LogP contribution in [0.3, 0.4) is 0 Å². The number of methoxy groups -OCH3 is 2. The van der Waals surface area contributed by atoms with Crippen molar-refractivity contribution in [3.63, 3.8) is 0 Å². The van der Waals surface area contributed by atoms with Gasteiger partial charge < -0.3 is 19.5 Å². The highest BCUT2D eigenvalue weighted by atomic mass is 35.5. The SMILES string of the molecule is COc1ccc(CNC(=O)[C@@H](C)OC(=O)/C=C/c2ccc(C)c(Cl)c2)cc1OC. The molecule has 0 saturated heterocycles. The summed E-state index contributed by atoms with van der Waals surface area (Å²) in [7, 11) is 3.09. The Morgan fingerprint density at radius 2 is 1.83 bits per heavy atom. The van der Waals surface area contributed by atoms with Crippen LogP contribution in [0.5, 0.6) is 11.5 Å². The number of rotatable bonds is 8.